The van der Waals surface area contributed by atoms with Crippen LogP contribution < -0.4 is 5.32 Å². The molecule has 0 aliphatic carbocycles. The highest BCUT2D eigenvalue weighted by atomic mass is 16.1. The molecule has 72 valence electrons. The third-order valence-electron chi connectivity index (χ3n) is 1.68. The zero-order valence-electron chi connectivity index (χ0n) is 8.46. The maximum absolute atomic E-state index is 11.1. The summed E-state index contributed by atoms with van der Waals surface area (Å²) in [6.45, 7) is 5.60. The summed E-state index contributed by atoms with van der Waals surface area (Å²) in [5.74, 6) is 0.787. The number of carbonyl (C=O) groups is 1. The number of hydrogen-bond donors (Lipinski definition) is 1. The average Bonchev–Trinajstić information content (AvgIpc) is 2.29. The molecule has 0 aromatic carbocycles. The van der Waals surface area contributed by atoms with E-state index in [1.165, 1.54) is 6.92 Å². The number of nitrogens with zero attached hydrogens (tertiary/aromatic N) is 2. The van der Waals surface area contributed by atoms with Crippen molar-refractivity contribution in [2.24, 2.45) is 7.05 Å². The monoisotopic (exact) mass is 181 g/mol. The maximum Gasteiger partial charge on any atom is 0.177 e. The molecule has 1 aromatic rings. The molecule has 0 amide bonds. The van der Waals surface area contributed by atoms with Gasteiger partial charge in [0.05, 0.1) is 0 Å². The lowest BCUT2D eigenvalue weighted by atomic mass is 10.3. The van der Waals surface area contributed by atoms with Crippen molar-refractivity contribution in [1.29, 1.82) is 0 Å². The molecule has 4 heteroatoms. The number of anilines is 1. The third kappa shape index (κ3) is 2.31. The Morgan fingerprint density at radius 1 is 1.62 bits per heavy atom. The maximum atomic E-state index is 11.1. The molecule has 13 heavy (non-hydrogen) atoms. The highest BCUT2D eigenvalue weighted by Gasteiger charge is 2.08. The highest BCUT2D eigenvalue weighted by Crippen LogP contribution is 2.09. The largest absolute Gasteiger partial charge is 0.366 e. The van der Waals surface area contributed by atoms with Gasteiger partial charge in [0.25, 0.3) is 0 Å². The van der Waals surface area contributed by atoms with Crippen molar-refractivity contribution in [2.45, 2.75) is 26.8 Å². The van der Waals surface area contributed by atoms with Crippen molar-refractivity contribution in [2.75, 3.05) is 5.32 Å². The van der Waals surface area contributed by atoms with Crippen molar-refractivity contribution >= 4 is 11.6 Å². The van der Waals surface area contributed by atoms with Gasteiger partial charge in [-0.1, -0.05) is 0 Å². The SMILES string of the molecule is CC(=O)c1cc(NC(C)C)nn1C. The van der Waals surface area contributed by atoms with E-state index >= 15 is 0 Å². The summed E-state index contributed by atoms with van der Waals surface area (Å²) >= 11 is 0. The van der Waals surface area contributed by atoms with Crippen LogP contribution in [0.1, 0.15) is 31.3 Å². The van der Waals surface area contributed by atoms with Gasteiger partial charge in [-0.05, 0) is 13.8 Å². The van der Waals surface area contributed by atoms with E-state index in [1.54, 1.807) is 17.8 Å². The lowest BCUT2D eigenvalue weighted by Crippen LogP contribution is -2.10. The van der Waals surface area contributed by atoms with Crippen LogP contribution in [0.2, 0.25) is 0 Å². The van der Waals surface area contributed by atoms with Gasteiger partial charge in [0.2, 0.25) is 0 Å². The zero-order valence-corrected chi connectivity index (χ0v) is 8.46. The first kappa shape index (κ1) is 9.77. The van der Waals surface area contributed by atoms with Crippen LogP contribution in [0.15, 0.2) is 6.07 Å². The topological polar surface area (TPSA) is 46.9 Å². The second-order valence-electron chi connectivity index (χ2n) is 3.39. The normalized spacial score (nSPS) is 10.5. The summed E-state index contributed by atoms with van der Waals surface area (Å²) in [7, 11) is 1.77. The van der Waals surface area contributed by atoms with Gasteiger partial charge >= 0.3 is 0 Å². The van der Waals surface area contributed by atoms with E-state index in [-0.39, 0.29) is 5.78 Å². The molecule has 0 saturated heterocycles. The standard InChI is InChI=1S/C9H15N3O/c1-6(2)10-9-5-8(7(3)13)12(4)11-9/h5-6H,1-4H3,(H,10,11). The first-order valence-electron chi connectivity index (χ1n) is 4.32. The lowest BCUT2D eigenvalue weighted by Gasteiger charge is -2.04. The molecule has 4 nitrogen and oxygen atoms in total. The van der Waals surface area contributed by atoms with Crippen LogP contribution in [0, 0.1) is 0 Å². The van der Waals surface area contributed by atoms with Crippen molar-refractivity contribution < 1.29 is 4.79 Å². The second-order valence-corrected chi connectivity index (χ2v) is 3.39. The summed E-state index contributed by atoms with van der Waals surface area (Å²) in [6.07, 6.45) is 0. The van der Waals surface area contributed by atoms with Gasteiger partial charge in [0.15, 0.2) is 5.78 Å². The molecular weight excluding hydrogens is 166 g/mol. The summed E-state index contributed by atoms with van der Waals surface area (Å²) in [5.41, 5.74) is 0.628. The minimum Gasteiger partial charge on any atom is -0.366 e. The number of carbonyl (C=O) groups excluding carboxylic acids is 1. The lowest BCUT2D eigenvalue weighted by molar-refractivity contribution is 0.100. The van der Waals surface area contributed by atoms with Gasteiger partial charge < -0.3 is 5.32 Å². The Balaban J connectivity index is 2.89. The number of nitrogens with one attached hydrogen (secondary N) is 1. The van der Waals surface area contributed by atoms with E-state index in [9.17, 15) is 4.79 Å². The van der Waals surface area contributed by atoms with Crippen molar-refractivity contribution in [1.82, 2.24) is 9.78 Å². The Bertz CT molecular complexity index is 315. The third-order valence-corrected chi connectivity index (χ3v) is 1.68. The number of Topliss-reactive ketones (excluding diaryl/α,β-unsaturated/α-hetero) is 1. The molecule has 1 N–H and O–H groups in total. The van der Waals surface area contributed by atoms with Gasteiger partial charge in [-0.15, -0.1) is 0 Å². The van der Waals surface area contributed by atoms with Crippen LogP contribution in [0.3, 0.4) is 0 Å². The number of aromatic nitrogens is 2. The van der Waals surface area contributed by atoms with Crippen LogP contribution in [0.5, 0.6) is 0 Å². The Labute approximate surface area is 77.9 Å². The second kappa shape index (κ2) is 3.60. The number of aryl methyl sites for hydroxylation is 1. The minimum absolute atomic E-state index is 0.0341. The van der Waals surface area contributed by atoms with Gasteiger partial charge in [-0.2, -0.15) is 5.10 Å². The van der Waals surface area contributed by atoms with Crippen LogP contribution in [0.25, 0.3) is 0 Å². The molecule has 0 bridgehead atoms. The summed E-state index contributed by atoms with van der Waals surface area (Å²) in [5, 5.41) is 7.29. The smallest absolute Gasteiger partial charge is 0.177 e. The van der Waals surface area contributed by atoms with E-state index in [1.807, 2.05) is 13.8 Å². The summed E-state index contributed by atoms with van der Waals surface area (Å²) in [4.78, 5) is 11.1. The summed E-state index contributed by atoms with van der Waals surface area (Å²) in [6, 6.07) is 2.09. The Morgan fingerprint density at radius 2 is 2.23 bits per heavy atom. The molecule has 1 rings (SSSR count). The highest BCUT2D eigenvalue weighted by molar-refractivity contribution is 5.93. The minimum atomic E-state index is 0.0341. The van der Waals surface area contributed by atoms with E-state index in [0.717, 1.165) is 5.82 Å². The predicted molar refractivity (Wildman–Crippen MR) is 52.0 cm³/mol. The van der Waals surface area contributed by atoms with E-state index in [0.29, 0.717) is 11.7 Å². The molecule has 0 unspecified atom stereocenters. The fourth-order valence-corrected chi connectivity index (χ4v) is 1.16. The van der Waals surface area contributed by atoms with Crippen molar-refractivity contribution in [3.05, 3.63) is 11.8 Å². The van der Waals surface area contributed by atoms with Crippen LogP contribution in [-0.4, -0.2) is 21.6 Å². The van der Waals surface area contributed by atoms with Crippen LogP contribution >= 0.6 is 0 Å². The number of rotatable bonds is 3. The van der Waals surface area contributed by atoms with Gasteiger partial charge in [-0.3, -0.25) is 9.48 Å². The molecule has 0 radical (unpaired) electrons. The van der Waals surface area contributed by atoms with Crippen LogP contribution in [0.4, 0.5) is 5.82 Å². The van der Waals surface area contributed by atoms with E-state index < -0.39 is 0 Å². The molecule has 0 atom stereocenters. The Hall–Kier alpha value is -1.32. The molecule has 1 heterocycles. The van der Waals surface area contributed by atoms with E-state index in [2.05, 4.69) is 10.4 Å². The van der Waals surface area contributed by atoms with Gasteiger partial charge in [0, 0.05) is 26.1 Å². The van der Waals surface area contributed by atoms with Crippen molar-refractivity contribution in [3.63, 3.8) is 0 Å². The first-order valence-corrected chi connectivity index (χ1v) is 4.32. The fraction of sp³-hybridized carbons (Fsp3) is 0.556. The van der Waals surface area contributed by atoms with Crippen LogP contribution in [-0.2, 0) is 7.05 Å². The molecule has 1 aromatic heterocycles. The molecule has 0 aliphatic heterocycles. The van der Waals surface area contributed by atoms with E-state index in [4.69, 9.17) is 0 Å². The zero-order chi connectivity index (χ0) is 10.0. The molecule has 0 fully saturated rings. The van der Waals surface area contributed by atoms with Gasteiger partial charge in [-0.25, -0.2) is 0 Å². The fourth-order valence-electron chi connectivity index (χ4n) is 1.16. The Kier molecular flexibility index (Phi) is 2.70. The molecule has 0 spiro atoms. The predicted octanol–water partition coefficient (Wildman–Crippen LogP) is 1.44. The van der Waals surface area contributed by atoms with Crippen molar-refractivity contribution in [3.8, 4) is 0 Å². The molecule has 0 aliphatic rings. The molecular formula is C9H15N3O. The Morgan fingerprint density at radius 3 is 2.62 bits per heavy atom. The number of hydrogen-bond acceptors (Lipinski definition) is 3. The quantitative estimate of drug-likeness (QED) is 0.718. The molecule has 0 saturated carbocycles. The number of ketones is 1. The first-order chi connectivity index (χ1) is 6.00. The average molecular weight is 181 g/mol. The summed E-state index contributed by atoms with van der Waals surface area (Å²) < 4.78 is 1.59. The van der Waals surface area contributed by atoms with Gasteiger partial charge in [0.1, 0.15) is 11.5 Å².